The Bertz CT molecular complexity index is 2750. The molecule has 3 aromatic carbocycles. The van der Waals surface area contributed by atoms with Crippen LogP contribution in [0.5, 0.6) is 5.75 Å². The number of nitrogens with zero attached hydrogens (tertiary/aromatic N) is 5. The number of anilines is 1. The molecule has 0 atom stereocenters. The highest BCUT2D eigenvalue weighted by Crippen LogP contribution is 2.43. The van der Waals surface area contributed by atoms with Crippen molar-refractivity contribution in [1.29, 1.82) is 10.5 Å². The number of aromatic nitrogens is 2. The van der Waals surface area contributed by atoms with Gasteiger partial charge in [-0.1, -0.05) is 121 Å². The predicted molar refractivity (Wildman–Crippen MR) is 242 cm³/mol. The van der Waals surface area contributed by atoms with Crippen LogP contribution in [0.25, 0.3) is 21.5 Å². The van der Waals surface area contributed by atoms with Gasteiger partial charge in [-0.15, -0.1) is 6.42 Å². The number of ether oxygens (including phenoxy) is 1. The molecule has 1 aromatic heterocycles. The van der Waals surface area contributed by atoms with E-state index in [9.17, 15) is 10.5 Å². The van der Waals surface area contributed by atoms with Crippen molar-refractivity contribution in [3.63, 3.8) is 0 Å². The van der Waals surface area contributed by atoms with E-state index in [0.717, 1.165) is 30.0 Å². The van der Waals surface area contributed by atoms with Crippen LogP contribution in [0.3, 0.4) is 0 Å². The molecule has 0 N–H and O–H groups in total. The summed E-state index contributed by atoms with van der Waals surface area (Å²) >= 11 is 0. The van der Waals surface area contributed by atoms with Crippen LogP contribution in [-0.2, 0) is 0 Å². The first kappa shape index (κ1) is 44.7. The Hall–Kier alpha value is -7.99. The first-order chi connectivity index (χ1) is 29.7. The zero-order valence-corrected chi connectivity index (χ0v) is 34.2. The molecule has 6 heteroatoms. The molecule has 0 fully saturated rings. The lowest BCUT2D eigenvalue weighted by atomic mass is 9.94. The van der Waals surface area contributed by atoms with E-state index in [4.69, 9.17) is 11.2 Å². The fraction of sp³-hybridized carbons (Fsp3) is 0.315. The zero-order valence-electron chi connectivity index (χ0n) is 34.2. The number of unbranched alkanes of at least 4 members (excludes halogenated alkanes) is 14. The Labute approximate surface area is 357 Å². The Kier molecular flexibility index (Phi) is 20.6. The minimum atomic E-state index is 0.133. The van der Waals surface area contributed by atoms with Crippen molar-refractivity contribution in [3.8, 4) is 125 Å². The van der Waals surface area contributed by atoms with Gasteiger partial charge in [-0.3, -0.25) is 0 Å². The van der Waals surface area contributed by atoms with Gasteiger partial charge in [0.1, 0.15) is 41.0 Å². The van der Waals surface area contributed by atoms with Crippen molar-refractivity contribution in [2.24, 2.45) is 0 Å². The average molecular weight is 780 g/mol. The van der Waals surface area contributed by atoms with Crippen LogP contribution in [0.15, 0.2) is 55.1 Å². The van der Waals surface area contributed by atoms with Crippen LogP contribution < -0.4 is 9.75 Å². The van der Waals surface area contributed by atoms with Gasteiger partial charge in [-0.05, 0) is 76.7 Å². The summed E-state index contributed by atoms with van der Waals surface area (Å²) in [6, 6.07) is 19.6. The molecule has 0 spiro atoms. The van der Waals surface area contributed by atoms with Crippen molar-refractivity contribution >= 4 is 27.2 Å². The van der Waals surface area contributed by atoms with Crippen LogP contribution in [0.4, 0.5) is 5.69 Å². The normalized spacial score (nSPS) is 9.03. The molecular formula is C54H45N5O. The molecule has 1 heterocycles. The summed E-state index contributed by atoms with van der Waals surface area (Å²) in [5.74, 6) is 41.0. The Balaban J connectivity index is 1.49. The van der Waals surface area contributed by atoms with E-state index in [-0.39, 0.29) is 11.1 Å². The summed E-state index contributed by atoms with van der Waals surface area (Å²) in [5.41, 5.74) is 0.690. The second-order valence-electron chi connectivity index (χ2n) is 13.6. The van der Waals surface area contributed by atoms with E-state index in [1.807, 2.05) is 36.4 Å². The van der Waals surface area contributed by atoms with Gasteiger partial charge in [-0.25, -0.2) is 14.7 Å². The molecule has 0 amide bonds. The van der Waals surface area contributed by atoms with Gasteiger partial charge in [0.05, 0.1) is 6.61 Å². The summed E-state index contributed by atoms with van der Waals surface area (Å²) in [6.45, 7) is 2.70. The number of fused-ring (bicyclic) bond motifs is 2. The number of terminal acetylenes is 1. The molecular weight excluding hydrogens is 735 g/mol. The maximum Gasteiger partial charge on any atom is 0.146 e. The lowest BCUT2D eigenvalue weighted by Crippen LogP contribution is -2.24. The molecule has 4 rings (SSSR count). The summed E-state index contributed by atoms with van der Waals surface area (Å²) in [5, 5.41) is 26.1. The van der Waals surface area contributed by atoms with Crippen molar-refractivity contribution in [3.05, 3.63) is 66.2 Å². The topological polar surface area (TPSA) is 77.9 Å². The SMILES string of the molecule is C#CC#CC#CC#CC#CC#CC#CC#CC#CN(c1c(C#N)c(C#N)c(OCCCCCCCCCCCCCCCCC)c2cc3ccccc3cc12)n1ccnc1. The molecule has 4 aromatic rings. The maximum absolute atomic E-state index is 10.6. The van der Waals surface area contributed by atoms with E-state index < -0.39 is 0 Å². The van der Waals surface area contributed by atoms with Crippen molar-refractivity contribution in [2.45, 2.75) is 103 Å². The highest BCUT2D eigenvalue weighted by atomic mass is 16.5. The van der Waals surface area contributed by atoms with Crippen LogP contribution in [0.2, 0.25) is 0 Å². The van der Waals surface area contributed by atoms with Crippen molar-refractivity contribution < 1.29 is 4.74 Å². The molecule has 0 saturated heterocycles. The third-order valence-corrected chi connectivity index (χ3v) is 9.36. The van der Waals surface area contributed by atoms with Gasteiger partial charge in [-0.2, -0.15) is 10.5 Å². The molecule has 0 aliphatic rings. The average Bonchev–Trinajstić information content (AvgIpc) is 3.81. The van der Waals surface area contributed by atoms with Gasteiger partial charge in [0, 0.05) is 76.6 Å². The fourth-order valence-electron chi connectivity index (χ4n) is 6.48. The lowest BCUT2D eigenvalue weighted by molar-refractivity contribution is 0.307. The number of hydrogen-bond acceptors (Lipinski definition) is 5. The number of benzene rings is 3. The van der Waals surface area contributed by atoms with Crippen LogP contribution >= 0.6 is 0 Å². The van der Waals surface area contributed by atoms with Gasteiger partial charge in [0.15, 0.2) is 0 Å². The molecule has 0 unspecified atom stereocenters. The second-order valence-corrected chi connectivity index (χ2v) is 13.6. The number of rotatable bonds is 19. The van der Waals surface area contributed by atoms with Crippen LogP contribution in [0, 0.1) is 130 Å². The second kappa shape index (κ2) is 27.6. The van der Waals surface area contributed by atoms with Gasteiger partial charge >= 0.3 is 0 Å². The van der Waals surface area contributed by atoms with E-state index in [1.165, 1.54) is 77.0 Å². The number of imidazole rings is 1. The van der Waals surface area contributed by atoms with Crippen molar-refractivity contribution in [1.82, 2.24) is 9.66 Å². The zero-order chi connectivity index (χ0) is 42.3. The summed E-state index contributed by atoms with van der Waals surface area (Å²) in [4.78, 5) is 4.22. The molecule has 292 valence electrons. The summed E-state index contributed by atoms with van der Waals surface area (Å²) in [6.07, 6.45) is 28.9. The molecule has 0 bridgehead atoms. The monoisotopic (exact) mass is 779 g/mol. The lowest BCUT2D eigenvalue weighted by Gasteiger charge is -2.24. The molecule has 0 aliphatic heterocycles. The molecule has 0 radical (unpaired) electrons. The van der Waals surface area contributed by atoms with E-state index in [2.05, 4.69) is 125 Å². The summed E-state index contributed by atoms with van der Waals surface area (Å²) in [7, 11) is 0. The minimum Gasteiger partial charge on any atom is -0.491 e. The standard InChI is InChI=1S/C54H45N5O/c1-3-5-7-9-11-13-15-17-19-20-22-24-26-28-30-34-39-59(58-40-38-57-46-58)53-49-42-47-36-32-33-37-48(47)43-50(49)54(52(45-56)51(53)44-55)60-41-35-31-29-27-25-23-21-18-16-14-12-10-8-6-4-2/h1,32-33,36-38,40,42-43,46H,4,6,8,10,12,14,16,18,21,23,25,27,29,31,35,41H2,2H3. The smallest absolute Gasteiger partial charge is 0.146 e. The van der Waals surface area contributed by atoms with Gasteiger partial charge in [0.2, 0.25) is 0 Å². The first-order valence-corrected chi connectivity index (χ1v) is 20.4. The fourth-order valence-corrected chi connectivity index (χ4v) is 6.48. The minimum absolute atomic E-state index is 0.133. The third-order valence-electron chi connectivity index (χ3n) is 9.36. The van der Waals surface area contributed by atoms with Gasteiger partial charge < -0.3 is 4.74 Å². The highest BCUT2D eigenvalue weighted by molar-refractivity contribution is 6.10. The molecule has 0 saturated carbocycles. The summed E-state index contributed by atoms with van der Waals surface area (Å²) < 4.78 is 8.07. The largest absolute Gasteiger partial charge is 0.491 e. The number of nitriles is 2. The first-order valence-electron chi connectivity index (χ1n) is 20.4. The highest BCUT2D eigenvalue weighted by Gasteiger charge is 2.25. The van der Waals surface area contributed by atoms with E-state index in [1.54, 1.807) is 28.4 Å². The van der Waals surface area contributed by atoms with Gasteiger partial charge in [0.25, 0.3) is 0 Å². The molecule has 60 heavy (non-hydrogen) atoms. The Morgan fingerprint density at radius 1 is 0.600 bits per heavy atom. The number of hydrogen-bond donors (Lipinski definition) is 0. The quantitative estimate of drug-likeness (QED) is 0.0410. The van der Waals surface area contributed by atoms with Crippen LogP contribution in [-0.4, -0.2) is 16.3 Å². The Morgan fingerprint density at radius 3 is 1.53 bits per heavy atom. The van der Waals surface area contributed by atoms with E-state index >= 15 is 0 Å². The van der Waals surface area contributed by atoms with Crippen molar-refractivity contribution in [2.75, 3.05) is 11.6 Å². The Morgan fingerprint density at radius 2 is 1.07 bits per heavy atom. The molecule has 6 nitrogen and oxygen atoms in total. The van der Waals surface area contributed by atoms with Crippen LogP contribution in [0.1, 0.15) is 114 Å². The molecule has 0 aliphatic carbocycles. The van der Waals surface area contributed by atoms with E-state index in [0.29, 0.717) is 28.8 Å². The predicted octanol–water partition coefficient (Wildman–Crippen LogP) is 10.1. The maximum atomic E-state index is 10.6. The third kappa shape index (κ3) is 14.8.